The first kappa shape index (κ1) is 15.5. The van der Waals surface area contributed by atoms with E-state index in [-0.39, 0.29) is 23.8 Å². The van der Waals surface area contributed by atoms with Crippen molar-refractivity contribution in [3.8, 4) is 0 Å². The van der Waals surface area contributed by atoms with Crippen LogP contribution in [0.3, 0.4) is 0 Å². The van der Waals surface area contributed by atoms with Gasteiger partial charge in [0.1, 0.15) is 0 Å². The Hall–Kier alpha value is -1.89. The Kier molecular flexibility index (Phi) is 5.74. The molecule has 1 atom stereocenters. The van der Waals surface area contributed by atoms with Crippen molar-refractivity contribution in [2.45, 2.75) is 31.7 Å². The molecule has 1 fully saturated rings. The van der Waals surface area contributed by atoms with Gasteiger partial charge >= 0.3 is 0 Å². The van der Waals surface area contributed by atoms with Crippen molar-refractivity contribution < 1.29 is 14.4 Å². The number of carbonyl (C=O) groups is 3. The molecule has 1 aromatic rings. The van der Waals surface area contributed by atoms with Gasteiger partial charge < -0.3 is 16.0 Å². The summed E-state index contributed by atoms with van der Waals surface area (Å²) in [4.78, 5) is 35.1. The second-order valence-corrected chi connectivity index (χ2v) is 5.89. The number of nitrogens with one attached hydrogen (secondary N) is 3. The van der Waals surface area contributed by atoms with Crippen molar-refractivity contribution >= 4 is 29.1 Å². The lowest BCUT2D eigenvalue weighted by atomic mass is 10.1. The average Bonchev–Trinajstić information content (AvgIpc) is 3.00. The topological polar surface area (TPSA) is 87.3 Å². The Morgan fingerprint density at radius 1 is 1.43 bits per heavy atom. The van der Waals surface area contributed by atoms with Crippen LogP contribution in [-0.2, 0) is 9.59 Å². The number of carbonyl (C=O) groups excluding carboxylic acids is 3. The fourth-order valence-electron chi connectivity index (χ4n) is 2.10. The Bertz CT molecular complexity index is 492. The lowest BCUT2D eigenvalue weighted by Gasteiger charge is -2.23. The van der Waals surface area contributed by atoms with Gasteiger partial charge in [0.05, 0.1) is 4.88 Å². The number of thiophene rings is 1. The van der Waals surface area contributed by atoms with Crippen molar-refractivity contribution in [2.75, 3.05) is 13.1 Å². The first-order valence-electron chi connectivity index (χ1n) is 7.03. The van der Waals surface area contributed by atoms with E-state index < -0.39 is 0 Å². The van der Waals surface area contributed by atoms with E-state index >= 15 is 0 Å². The molecule has 114 valence electrons. The molecule has 2 heterocycles. The Morgan fingerprint density at radius 2 is 2.29 bits per heavy atom. The van der Waals surface area contributed by atoms with Crippen LogP contribution < -0.4 is 16.0 Å². The van der Waals surface area contributed by atoms with Gasteiger partial charge in [-0.05, 0) is 24.3 Å². The smallest absolute Gasteiger partial charge is 0.261 e. The molecule has 7 heteroatoms. The third-order valence-electron chi connectivity index (χ3n) is 3.24. The molecule has 1 saturated heterocycles. The van der Waals surface area contributed by atoms with Crippen molar-refractivity contribution in [2.24, 2.45) is 0 Å². The predicted molar refractivity (Wildman–Crippen MR) is 80.1 cm³/mol. The summed E-state index contributed by atoms with van der Waals surface area (Å²) in [6, 6.07) is 3.62. The van der Waals surface area contributed by atoms with E-state index in [9.17, 15) is 14.4 Å². The van der Waals surface area contributed by atoms with E-state index in [0.717, 1.165) is 0 Å². The SMILES string of the molecule is O=C1CCC(NC(=O)CCCNC(=O)c2cccs2)CN1. The molecular formula is C14H19N3O3S. The van der Waals surface area contributed by atoms with E-state index in [1.54, 1.807) is 6.07 Å². The van der Waals surface area contributed by atoms with E-state index in [1.807, 2.05) is 11.4 Å². The number of piperidine rings is 1. The van der Waals surface area contributed by atoms with Gasteiger partial charge in [-0.3, -0.25) is 14.4 Å². The van der Waals surface area contributed by atoms with Crippen LogP contribution in [0.15, 0.2) is 17.5 Å². The van der Waals surface area contributed by atoms with Gasteiger partial charge in [-0.1, -0.05) is 6.07 Å². The average molecular weight is 309 g/mol. The summed E-state index contributed by atoms with van der Waals surface area (Å²) >= 11 is 1.39. The van der Waals surface area contributed by atoms with Gasteiger partial charge in [-0.2, -0.15) is 0 Å². The first-order chi connectivity index (χ1) is 10.1. The Balaban J connectivity index is 1.57. The van der Waals surface area contributed by atoms with Crippen LogP contribution in [0.2, 0.25) is 0 Å². The molecule has 0 radical (unpaired) electrons. The molecule has 0 aromatic carbocycles. The lowest BCUT2D eigenvalue weighted by molar-refractivity contribution is -0.125. The highest BCUT2D eigenvalue weighted by Gasteiger charge is 2.19. The molecule has 0 spiro atoms. The molecule has 1 aliphatic heterocycles. The van der Waals surface area contributed by atoms with Gasteiger partial charge in [0.2, 0.25) is 11.8 Å². The minimum atomic E-state index is -0.0969. The van der Waals surface area contributed by atoms with Crippen LogP contribution in [0, 0.1) is 0 Å². The first-order valence-corrected chi connectivity index (χ1v) is 7.91. The van der Waals surface area contributed by atoms with Crippen molar-refractivity contribution in [3.63, 3.8) is 0 Å². The van der Waals surface area contributed by atoms with Crippen LogP contribution in [0.1, 0.15) is 35.4 Å². The van der Waals surface area contributed by atoms with E-state index in [4.69, 9.17) is 0 Å². The molecule has 0 aliphatic carbocycles. The molecule has 1 aliphatic rings. The van der Waals surface area contributed by atoms with Crippen LogP contribution in [0.5, 0.6) is 0 Å². The highest BCUT2D eigenvalue weighted by molar-refractivity contribution is 7.12. The fraction of sp³-hybridized carbons (Fsp3) is 0.500. The fourth-order valence-corrected chi connectivity index (χ4v) is 2.74. The zero-order valence-electron chi connectivity index (χ0n) is 11.7. The molecule has 1 unspecified atom stereocenters. The zero-order valence-corrected chi connectivity index (χ0v) is 12.5. The summed E-state index contributed by atoms with van der Waals surface area (Å²) in [5, 5.41) is 10.3. The summed E-state index contributed by atoms with van der Waals surface area (Å²) in [6.07, 6.45) is 2.12. The zero-order chi connectivity index (χ0) is 15.1. The third-order valence-corrected chi connectivity index (χ3v) is 4.11. The van der Waals surface area contributed by atoms with Crippen LogP contribution >= 0.6 is 11.3 Å². The van der Waals surface area contributed by atoms with Gasteiger partial charge in [0.15, 0.2) is 0 Å². The summed E-state index contributed by atoms with van der Waals surface area (Å²) in [6.45, 7) is 0.977. The molecule has 1 aromatic heterocycles. The normalized spacial score (nSPS) is 17.9. The lowest BCUT2D eigenvalue weighted by Crippen LogP contribution is -2.47. The van der Waals surface area contributed by atoms with Crippen molar-refractivity contribution in [1.29, 1.82) is 0 Å². The number of hydrogen-bond acceptors (Lipinski definition) is 4. The number of rotatable bonds is 6. The van der Waals surface area contributed by atoms with Gasteiger partial charge in [0, 0.05) is 32.0 Å². The van der Waals surface area contributed by atoms with E-state index in [2.05, 4.69) is 16.0 Å². The number of hydrogen-bond donors (Lipinski definition) is 3. The number of amides is 3. The molecule has 3 amide bonds. The molecule has 2 rings (SSSR count). The maximum absolute atomic E-state index is 11.7. The van der Waals surface area contributed by atoms with Crippen molar-refractivity contribution in [1.82, 2.24) is 16.0 Å². The monoisotopic (exact) mass is 309 g/mol. The molecule has 6 nitrogen and oxygen atoms in total. The van der Waals surface area contributed by atoms with Crippen LogP contribution in [0.4, 0.5) is 0 Å². The van der Waals surface area contributed by atoms with Gasteiger partial charge in [0.25, 0.3) is 5.91 Å². The van der Waals surface area contributed by atoms with Crippen molar-refractivity contribution in [3.05, 3.63) is 22.4 Å². The quantitative estimate of drug-likeness (QED) is 0.674. The standard InChI is InChI=1S/C14H19N3O3S/c18-12-6-5-10(9-16-12)17-13(19)4-1-7-15-14(20)11-3-2-8-21-11/h2-3,8,10H,1,4-7,9H2,(H,15,20)(H,16,18)(H,17,19). The molecule has 3 N–H and O–H groups in total. The summed E-state index contributed by atoms with van der Waals surface area (Å²) in [5.41, 5.74) is 0. The Morgan fingerprint density at radius 3 is 2.95 bits per heavy atom. The summed E-state index contributed by atoms with van der Waals surface area (Å²) in [5.74, 6) is -0.0984. The Labute approximate surface area is 127 Å². The van der Waals surface area contributed by atoms with Crippen LogP contribution in [-0.4, -0.2) is 36.9 Å². The predicted octanol–water partition coefficient (Wildman–Crippen LogP) is 0.653. The highest BCUT2D eigenvalue weighted by Crippen LogP contribution is 2.07. The largest absolute Gasteiger partial charge is 0.354 e. The molecule has 0 saturated carbocycles. The molecular weight excluding hydrogens is 290 g/mol. The minimum Gasteiger partial charge on any atom is -0.354 e. The third kappa shape index (κ3) is 5.18. The minimum absolute atomic E-state index is 0.0240. The van der Waals surface area contributed by atoms with E-state index in [1.165, 1.54) is 11.3 Å². The molecule has 0 bridgehead atoms. The maximum Gasteiger partial charge on any atom is 0.261 e. The second-order valence-electron chi connectivity index (χ2n) is 4.94. The summed E-state index contributed by atoms with van der Waals surface area (Å²) < 4.78 is 0. The van der Waals surface area contributed by atoms with E-state index in [0.29, 0.717) is 43.6 Å². The summed E-state index contributed by atoms with van der Waals surface area (Å²) in [7, 11) is 0. The highest BCUT2D eigenvalue weighted by atomic mass is 32.1. The van der Waals surface area contributed by atoms with Gasteiger partial charge in [-0.25, -0.2) is 0 Å². The maximum atomic E-state index is 11.7. The van der Waals surface area contributed by atoms with Gasteiger partial charge in [-0.15, -0.1) is 11.3 Å². The second kappa shape index (κ2) is 7.78. The van der Waals surface area contributed by atoms with Crippen LogP contribution in [0.25, 0.3) is 0 Å². The molecule has 21 heavy (non-hydrogen) atoms.